The first-order valence-corrected chi connectivity index (χ1v) is 9.43. The van der Waals surface area contributed by atoms with Crippen LogP contribution in [0.15, 0.2) is 30.6 Å². The molecular weight excluding hydrogens is 328 g/mol. The lowest BCUT2D eigenvalue weighted by Crippen LogP contribution is -2.46. The van der Waals surface area contributed by atoms with E-state index in [2.05, 4.69) is 26.7 Å². The Labute approximate surface area is 155 Å². The van der Waals surface area contributed by atoms with E-state index in [9.17, 15) is 5.11 Å². The van der Waals surface area contributed by atoms with Gasteiger partial charge in [-0.15, -0.1) is 0 Å². The molecule has 6 nitrogen and oxygen atoms in total. The lowest BCUT2D eigenvalue weighted by molar-refractivity contribution is 0.243. The summed E-state index contributed by atoms with van der Waals surface area (Å²) in [7, 11) is 0. The summed E-state index contributed by atoms with van der Waals surface area (Å²) in [6.07, 6.45) is 6.02. The molecule has 26 heavy (non-hydrogen) atoms. The second-order valence-electron chi connectivity index (χ2n) is 6.60. The predicted molar refractivity (Wildman–Crippen MR) is 103 cm³/mol. The number of nitrogens with zero attached hydrogens (tertiary/aromatic N) is 4. The highest BCUT2D eigenvalue weighted by Crippen LogP contribution is 2.30. The number of aromatic nitrogens is 2. The maximum Gasteiger partial charge on any atom is 0.225 e. The van der Waals surface area contributed by atoms with Crippen LogP contribution in [0.2, 0.25) is 0 Å². The number of ether oxygens (including phenoxy) is 1. The van der Waals surface area contributed by atoms with E-state index in [4.69, 9.17) is 4.74 Å². The van der Waals surface area contributed by atoms with Crippen LogP contribution < -0.4 is 9.64 Å². The van der Waals surface area contributed by atoms with Crippen LogP contribution in [-0.4, -0.2) is 52.8 Å². The van der Waals surface area contributed by atoms with Crippen LogP contribution in [0.4, 0.5) is 5.95 Å². The minimum absolute atomic E-state index is 0.256. The zero-order valence-corrected chi connectivity index (χ0v) is 15.7. The molecular formula is C20H28N4O2. The van der Waals surface area contributed by atoms with Gasteiger partial charge in [0.25, 0.3) is 0 Å². The van der Waals surface area contributed by atoms with Gasteiger partial charge in [-0.1, -0.05) is 25.5 Å². The van der Waals surface area contributed by atoms with Gasteiger partial charge in [0.1, 0.15) is 0 Å². The highest BCUT2D eigenvalue weighted by molar-refractivity contribution is 5.45. The number of hydrogen-bond donors (Lipinski definition) is 1. The van der Waals surface area contributed by atoms with Crippen LogP contribution in [-0.2, 0) is 13.0 Å². The second kappa shape index (κ2) is 8.85. The third kappa shape index (κ3) is 4.43. The lowest BCUT2D eigenvalue weighted by atomic mass is 10.1. The molecule has 1 N–H and O–H groups in total. The molecule has 0 aliphatic carbocycles. The summed E-state index contributed by atoms with van der Waals surface area (Å²) in [6, 6.07) is 5.70. The molecule has 1 aromatic carbocycles. The molecule has 140 valence electrons. The van der Waals surface area contributed by atoms with E-state index in [-0.39, 0.29) is 5.75 Å². The van der Waals surface area contributed by atoms with E-state index < -0.39 is 0 Å². The third-order valence-corrected chi connectivity index (χ3v) is 4.66. The molecule has 2 heterocycles. The Bertz CT molecular complexity index is 697. The van der Waals surface area contributed by atoms with Crippen molar-refractivity contribution >= 4 is 5.95 Å². The van der Waals surface area contributed by atoms with Gasteiger partial charge in [-0.3, -0.25) is 4.90 Å². The molecule has 0 saturated carbocycles. The average molecular weight is 356 g/mol. The average Bonchev–Trinajstić information content (AvgIpc) is 2.67. The van der Waals surface area contributed by atoms with E-state index in [1.165, 1.54) is 5.56 Å². The largest absolute Gasteiger partial charge is 0.504 e. The summed E-state index contributed by atoms with van der Waals surface area (Å²) < 4.78 is 5.48. The molecule has 0 unspecified atom stereocenters. The number of benzene rings is 1. The molecule has 6 heteroatoms. The van der Waals surface area contributed by atoms with Crippen molar-refractivity contribution in [3.63, 3.8) is 0 Å². The summed E-state index contributed by atoms with van der Waals surface area (Å²) in [5.41, 5.74) is 2.10. The zero-order chi connectivity index (χ0) is 18.4. The molecule has 1 fully saturated rings. The Morgan fingerprint density at radius 1 is 1.08 bits per heavy atom. The quantitative estimate of drug-likeness (QED) is 0.823. The monoisotopic (exact) mass is 356 g/mol. The van der Waals surface area contributed by atoms with Crippen molar-refractivity contribution in [2.45, 2.75) is 33.2 Å². The normalized spacial score (nSPS) is 15.2. The van der Waals surface area contributed by atoms with Crippen molar-refractivity contribution in [1.29, 1.82) is 0 Å². The maximum absolute atomic E-state index is 10.4. The van der Waals surface area contributed by atoms with E-state index >= 15 is 0 Å². The molecule has 1 aromatic heterocycles. The number of hydrogen-bond acceptors (Lipinski definition) is 6. The Balaban J connectivity index is 1.56. The number of phenolic OH excluding ortho intramolecular Hbond substituents is 1. The van der Waals surface area contributed by atoms with Crippen LogP contribution in [0.3, 0.4) is 0 Å². The second-order valence-corrected chi connectivity index (χ2v) is 6.60. The van der Waals surface area contributed by atoms with E-state index in [1.807, 2.05) is 31.5 Å². The van der Waals surface area contributed by atoms with Crippen molar-refractivity contribution < 1.29 is 9.84 Å². The molecule has 0 bridgehead atoms. The van der Waals surface area contributed by atoms with E-state index in [0.717, 1.165) is 57.1 Å². The first-order chi connectivity index (χ1) is 12.7. The van der Waals surface area contributed by atoms with Gasteiger partial charge in [-0.05, 0) is 25.0 Å². The van der Waals surface area contributed by atoms with E-state index in [0.29, 0.717) is 12.4 Å². The smallest absolute Gasteiger partial charge is 0.225 e. The molecule has 1 saturated heterocycles. The van der Waals surface area contributed by atoms with Gasteiger partial charge >= 0.3 is 0 Å². The third-order valence-electron chi connectivity index (χ3n) is 4.66. The minimum atomic E-state index is 0.256. The molecule has 2 aromatic rings. The number of aryl methyl sites for hydroxylation is 1. The van der Waals surface area contributed by atoms with Crippen molar-refractivity contribution in [3.8, 4) is 11.5 Å². The van der Waals surface area contributed by atoms with Crippen molar-refractivity contribution in [2.75, 3.05) is 37.7 Å². The van der Waals surface area contributed by atoms with Gasteiger partial charge in [0.15, 0.2) is 11.5 Å². The number of anilines is 1. The maximum atomic E-state index is 10.4. The fraction of sp³-hybridized carbons (Fsp3) is 0.500. The van der Waals surface area contributed by atoms with Gasteiger partial charge in [0.2, 0.25) is 5.95 Å². The molecule has 1 aliphatic rings. The Hall–Kier alpha value is -2.34. The molecule has 0 amide bonds. The summed E-state index contributed by atoms with van der Waals surface area (Å²) in [6.45, 7) is 8.95. The Morgan fingerprint density at radius 2 is 1.81 bits per heavy atom. The lowest BCUT2D eigenvalue weighted by Gasteiger charge is -2.34. The molecule has 3 rings (SSSR count). The highest BCUT2D eigenvalue weighted by Gasteiger charge is 2.20. The zero-order valence-electron chi connectivity index (χ0n) is 15.7. The Kier molecular flexibility index (Phi) is 6.28. The highest BCUT2D eigenvalue weighted by atomic mass is 16.5. The fourth-order valence-corrected chi connectivity index (χ4v) is 3.24. The van der Waals surface area contributed by atoms with Gasteiger partial charge in [-0.2, -0.15) is 0 Å². The minimum Gasteiger partial charge on any atom is -0.504 e. The van der Waals surface area contributed by atoms with Gasteiger partial charge in [0, 0.05) is 50.7 Å². The summed E-state index contributed by atoms with van der Waals surface area (Å²) in [5.74, 6) is 1.63. The number of piperazine rings is 1. The standard InChI is InChI=1S/C20H28N4O2/c1-3-6-16-13-21-20(22-14-16)24-11-9-23(10-12-24)15-17-7-5-8-18(19(17)25)26-4-2/h5,7-8,13-14,25H,3-4,6,9-12,15H2,1-2H3. The summed E-state index contributed by atoms with van der Waals surface area (Å²) in [5, 5.41) is 10.4. The Morgan fingerprint density at radius 3 is 2.46 bits per heavy atom. The first-order valence-electron chi connectivity index (χ1n) is 9.43. The summed E-state index contributed by atoms with van der Waals surface area (Å²) in [4.78, 5) is 13.6. The summed E-state index contributed by atoms with van der Waals surface area (Å²) >= 11 is 0. The molecule has 0 spiro atoms. The van der Waals surface area contributed by atoms with Crippen LogP contribution in [0.25, 0.3) is 0 Å². The molecule has 0 radical (unpaired) electrons. The number of rotatable bonds is 7. The fourth-order valence-electron chi connectivity index (χ4n) is 3.24. The number of phenols is 1. The van der Waals surface area contributed by atoms with Crippen molar-refractivity contribution in [3.05, 3.63) is 41.7 Å². The molecule has 1 aliphatic heterocycles. The van der Waals surface area contributed by atoms with Crippen LogP contribution in [0.1, 0.15) is 31.4 Å². The van der Waals surface area contributed by atoms with Crippen LogP contribution in [0, 0.1) is 0 Å². The van der Waals surface area contributed by atoms with Crippen LogP contribution >= 0.6 is 0 Å². The SMILES string of the molecule is CCCc1cnc(N2CCN(Cc3cccc(OCC)c3O)CC2)nc1. The first kappa shape index (κ1) is 18.5. The van der Waals surface area contributed by atoms with Gasteiger partial charge < -0.3 is 14.7 Å². The van der Waals surface area contributed by atoms with E-state index in [1.54, 1.807) is 6.07 Å². The molecule has 0 atom stereocenters. The van der Waals surface area contributed by atoms with Crippen molar-refractivity contribution in [2.24, 2.45) is 0 Å². The number of para-hydroxylation sites is 1. The van der Waals surface area contributed by atoms with Gasteiger partial charge in [-0.25, -0.2) is 9.97 Å². The van der Waals surface area contributed by atoms with Crippen molar-refractivity contribution in [1.82, 2.24) is 14.9 Å². The van der Waals surface area contributed by atoms with Gasteiger partial charge in [0.05, 0.1) is 6.61 Å². The van der Waals surface area contributed by atoms with Crippen LogP contribution in [0.5, 0.6) is 11.5 Å². The predicted octanol–water partition coefficient (Wildman–Crippen LogP) is 2.86. The topological polar surface area (TPSA) is 61.7 Å². The number of aromatic hydroxyl groups is 1.